The maximum atomic E-state index is 12.9. The lowest BCUT2D eigenvalue weighted by atomic mass is 10.0. The summed E-state index contributed by atoms with van der Waals surface area (Å²) in [4.78, 5) is 23.1. The van der Waals surface area contributed by atoms with Crippen molar-refractivity contribution >= 4 is 16.9 Å². The van der Waals surface area contributed by atoms with E-state index in [2.05, 4.69) is 39.0 Å². The Hall–Kier alpha value is -2.56. The zero-order chi connectivity index (χ0) is 18.5. The Kier molecular flexibility index (Phi) is 5.56. The van der Waals surface area contributed by atoms with Gasteiger partial charge in [-0.1, -0.05) is 18.6 Å². The number of fused-ring (bicyclic) bond motifs is 1. The van der Waals surface area contributed by atoms with E-state index in [0.29, 0.717) is 6.42 Å². The first kappa shape index (κ1) is 17.8. The molecule has 0 saturated carbocycles. The molecule has 3 heterocycles. The molecule has 2 aromatic heterocycles. The number of aromatic nitrogens is 3. The number of rotatable bonds is 7. The smallest absolute Gasteiger partial charge is 0.223 e. The number of aromatic amines is 1. The van der Waals surface area contributed by atoms with Crippen molar-refractivity contribution in [3.05, 3.63) is 54.6 Å². The Morgan fingerprint density at radius 3 is 2.78 bits per heavy atom. The topological polar surface area (TPSA) is 53.9 Å². The van der Waals surface area contributed by atoms with Crippen LogP contribution in [0.1, 0.15) is 56.8 Å². The molecule has 1 fully saturated rings. The summed E-state index contributed by atoms with van der Waals surface area (Å²) in [7, 11) is 0. The first-order valence-electron chi connectivity index (χ1n) is 10.2. The van der Waals surface area contributed by atoms with Gasteiger partial charge < -0.3 is 14.5 Å². The number of piperidine rings is 1. The van der Waals surface area contributed by atoms with Crippen LogP contribution in [0.2, 0.25) is 0 Å². The van der Waals surface area contributed by atoms with E-state index in [4.69, 9.17) is 4.98 Å². The van der Waals surface area contributed by atoms with E-state index in [1.54, 1.807) is 0 Å². The summed E-state index contributed by atoms with van der Waals surface area (Å²) in [5.74, 6) is 1.22. The Labute approximate surface area is 160 Å². The van der Waals surface area contributed by atoms with Crippen molar-refractivity contribution in [1.29, 1.82) is 0 Å². The van der Waals surface area contributed by atoms with Crippen LogP contribution in [0, 0.1) is 0 Å². The second kappa shape index (κ2) is 8.42. The molecule has 0 bridgehead atoms. The zero-order valence-electron chi connectivity index (χ0n) is 15.8. The summed E-state index contributed by atoms with van der Waals surface area (Å²) >= 11 is 0. The van der Waals surface area contributed by atoms with Crippen LogP contribution in [0.5, 0.6) is 0 Å². The number of imidazole rings is 1. The molecule has 0 aliphatic carbocycles. The van der Waals surface area contributed by atoms with Crippen LogP contribution in [0.25, 0.3) is 11.0 Å². The number of carbonyl (C=O) groups excluding carboxylic acids is 1. The van der Waals surface area contributed by atoms with E-state index in [-0.39, 0.29) is 11.9 Å². The molecule has 5 heteroatoms. The van der Waals surface area contributed by atoms with Crippen LogP contribution in [0.4, 0.5) is 0 Å². The van der Waals surface area contributed by atoms with Crippen LogP contribution in [0.15, 0.2) is 48.8 Å². The lowest BCUT2D eigenvalue weighted by molar-refractivity contribution is -0.135. The van der Waals surface area contributed by atoms with Crippen molar-refractivity contribution in [1.82, 2.24) is 19.4 Å². The summed E-state index contributed by atoms with van der Waals surface area (Å²) in [6.07, 6.45) is 11.2. The summed E-state index contributed by atoms with van der Waals surface area (Å²) < 4.78 is 2.20. The van der Waals surface area contributed by atoms with Gasteiger partial charge in [0, 0.05) is 31.9 Å². The number of H-pyrrole nitrogens is 1. The molecule has 1 saturated heterocycles. The molecule has 3 aromatic rings. The highest BCUT2D eigenvalue weighted by Gasteiger charge is 2.29. The fourth-order valence-electron chi connectivity index (χ4n) is 4.05. The van der Waals surface area contributed by atoms with E-state index in [9.17, 15) is 4.79 Å². The van der Waals surface area contributed by atoms with E-state index in [0.717, 1.165) is 68.5 Å². The fourth-order valence-corrected chi connectivity index (χ4v) is 4.05. The molecule has 0 unspecified atom stereocenters. The quantitative estimate of drug-likeness (QED) is 0.619. The minimum Gasteiger partial charge on any atom is -0.354 e. The van der Waals surface area contributed by atoms with Crippen LogP contribution in [0.3, 0.4) is 0 Å². The molecule has 1 aliphatic heterocycles. The van der Waals surface area contributed by atoms with Gasteiger partial charge in [0.05, 0.1) is 17.1 Å². The van der Waals surface area contributed by atoms with Crippen molar-refractivity contribution in [2.75, 3.05) is 6.54 Å². The van der Waals surface area contributed by atoms with Crippen molar-refractivity contribution in [2.24, 2.45) is 0 Å². The van der Waals surface area contributed by atoms with E-state index < -0.39 is 0 Å². The number of hydrogen-bond acceptors (Lipinski definition) is 2. The number of nitrogens with one attached hydrogen (secondary N) is 1. The molecule has 142 valence electrons. The van der Waals surface area contributed by atoms with Crippen molar-refractivity contribution in [2.45, 2.75) is 57.5 Å². The number of para-hydroxylation sites is 2. The van der Waals surface area contributed by atoms with Gasteiger partial charge in [-0.15, -0.1) is 0 Å². The summed E-state index contributed by atoms with van der Waals surface area (Å²) in [6.45, 7) is 1.89. The average Bonchev–Trinajstić information content (AvgIpc) is 3.37. The normalized spacial score (nSPS) is 17.5. The molecule has 5 nitrogen and oxygen atoms in total. The van der Waals surface area contributed by atoms with Crippen molar-refractivity contribution in [3.63, 3.8) is 0 Å². The van der Waals surface area contributed by atoms with Gasteiger partial charge in [-0.25, -0.2) is 4.98 Å². The lowest BCUT2D eigenvalue weighted by Crippen LogP contribution is -2.38. The highest BCUT2D eigenvalue weighted by atomic mass is 16.2. The number of nitrogens with zero attached hydrogens (tertiary/aromatic N) is 3. The fraction of sp³-hybridized carbons (Fsp3) is 0.455. The maximum absolute atomic E-state index is 12.9. The summed E-state index contributed by atoms with van der Waals surface area (Å²) in [6, 6.07) is 12.3. The van der Waals surface area contributed by atoms with Gasteiger partial charge >= 0.3 is 0 Å². The number of likely N-dealkylation sites (tertiary alicyclic amines) is 1. The Balaban J connectivity index is 1.33. The molecular weight excluding hydrogens is 336 g/mol. The molecule has 0 radical (unpaired) electrons. The molecular formula is C22H28N4O. The molecule has 1 aromatic carbocycles. The number of hydrogen-bond donors (Lipinski definition) is 1. The van der Waals surface area contributed by atoms with E-state index in [1.807, 2.05) is 24.3 Å². The molecule has 4 rings (SSSR count). The second-order valence-electron chi connectivity index (χ2n) is 7.47. The first-order valence-corrected chi connectivity index (χ1v) is 10.2. The van der Waals surface area contributed by atoms with Gasteiger partial charge in [0.15, 0.2) is 0 Å². The third-order valence-electron chi connectivity index (χ3n) is 5.52. The highest BCUT2D eigenvalue weighted by Crippen LogP contribution is 2.31. The number of benzene rings is 1. The van der Waals surface area contributed by atoms with Crippen LogP contribution >= 0.6 is 0 Å². The number of carbonyl (C=O) groups is 1. The van der Waals surface area contributed by atoms with Gasteiger partial charge in [0.1, 0.15) is 5.82 Å². The van der Waals surface area contributed by atoms with Crippen molar-refractivity contribution in [3.8, 4) is 0 Å². The highest BCUT2D eigenvalue weighted by molar-refractivity contribution is 5.77. The summed E-state index contributed by atoms with van der Waals surface area (Å²) in [5, 5.41) is 0. The first-order chi connectivity index (χ1) is 13.3. The van der Waals surface area contributed by atoms with Crippen LogP contribution in [-0.2, 0) is 11.3 Å². The largest absolute Gasteiger partial charge is 0.354 e. The predicted molar refractivity (Wildman–Crippen MR) is 107 cm³/mol. The molecule has 0 spiro atoms. The van der Waals surface area contributed by atoms with Gasteiger partial charge in [-0.3, -0.25) is 4.79 Å². The lowest BCUT2D eigenvalue weighted by Gasteiger charge is -2.34. The van der Waals surface area contributed by atoms with Gasteiger partial charge in [0.2, 0.25) is 5.91 Å². The molecule has 1 N–H and O–H groups in total. The standard InChI is InChI=1S/C22H28N4O/c27-21(13-2-1-6-14-25-15-8-9-16-25)26-17-7-5-12-20(26)22-23-18-10-3-4-11-19(18)24-22/h3-4,8-11,15-16,20H,1-2,5-7,12-14,17H2,(H,23,24)/t20-/m0/s1. The molecule has 1 amide bonds. The second-order valence-corrected chi connectivity index (χ2v) is 7.47. The number of amides is 1. The third-order valence-corrected chi connectivity index (χ3v) is 5.52. The number of aryl methyl sites for hydroxylation is 1. The van der Waals surface area contributed by atoms with Gasteiger partial charge in [-0.05, 0) is 56.4 Å². The third kappa shape index (κ3) is 4.24. The maximum Gasteiger partial charge on any atom is 0.223 e. The molecule has 1 aliphatic rings. The minimum atomic E-state index is 0.0959. The van der Waals surface area contributed by atoms with Gasteiger partial charge in [-0.2, -0.15) is 0 Å². The van der Waals surface area contributed by atoms with E-state index >= 15 is 0 Å². The monoisotopic (exact) mass is 364 g/mol. The van der Waals surface area contributed by atoms with Crippen LogP contribution < -0.4 is 0 Å². The summed E-state index contributed by atoms with van der Waals surface area (Å²) in [5.41, 5.74) is 2.03. The Morgan fingerprint density at radius 1 is 1.07 bits per heavy atom. The van der Waals surface area contributed by atoms with Crippen molar-refractivity contribution < 1.29 is 4.79 Å². The molecule has 1 atom stereocenters. The van der Waals surface area contributed by atoms with Crippen LogP contribution in [-0.4, -0.2) is 31.9 Å². The number of unbranched alkanes of at least 4 members (excludes halogenated alkanes) is 2. The Morgan fingerprint density at radius 2 is 1.93 bits per heavy atom. The minimum absolute atomic E-state index is 0.0959. The van der Waals surface area contributed by atoms with Gasteiger partial charge in [0.25, 0.3) is 0 Å². The zero-order valence-corrected chi connectivity index (χ0v) is 15.8. The SMILES string of the molecule is O=C(CCCCCn1cccc1)N1CCCC[C@H]1c1nc2ccccc2[nH]1. The predicted octanol–water partition coefficient (Wildman–Crippen LogP) is 4.68. The average molecular weight is 364 g/mol. The molecule has 27 heavy (non-hydrogen) atoms. The van der Waals surface area contributed by atoms with E-state index in [1.165, 1.54) is 0 Å². The Bertz CT molecular complexity index is 834.